The van der Waals surface area contributed by atoms with E-state index < -0.39 is 5.82 Å². The Labute approximate surface area is 226 Å². The molecule has 3 aromatic rings. The number of carbonyl (C=O) groups is 2. The van der Waals surface area contributed by atoms with Crippen LogP contribution in [0.15, 0.2) is 67.1 Å². The summed E-state index contributed by atoms with van der Waals surface area (Å²) in [6, 6.07) is 15.1. The number of aromatic nitrogens is 2. The van der Waals surface area contributed by atoms with Crippen LogP contribution >= 0.6 is 0 Å². The summed E-state index contributed by atoms with van der Waals surface area (Å²) in [5, 5.41) is 0. The fraction of sp³-hybridized carbons (Fsp3) is 0.433. The van der Waals surface area contributed by atoms with E-state index >= 15 is 0 Å². The summed E-state index contributed by atoms with van der Waals surface area (Å²) in [4.78, 5) is 33.6. The van der Waals surface area contributed by atoms with Crippen LogP contribution in [0.1, 0.15) is 71.6 Å². The zero-order chi connectivity index (χ0) is 28.1. The normalized spacial score (nSPS) is 13.1. The number of hydrogen-bond acceptors (Lipinski definition) is 4. The molecule has 0 spiro atoms. The number of amides is 2. The van der Waals surface area contributed by atoms with E-state index in [9.17, 15) is 14.0 Å². The van der Waals surface area contributed by atoms with Crippen LogP contribution < -0.4 is 4.90 Å². The first-order chi connectivity index (χ1) is 18.4. The van der Waals surface area contributed by atoms with Crippen molar-refractivity contribution in [2.45, 2.75) is 73.0 Å². The molecule has 1 aliphatic rings. The van der Waals surface area contributed by atoms with Gasteiger partial charge in [0.1, 0.15) is 18.8 Å². The van der Waals surface area contributed by atoms with Crippen molar-refractivity contribution in [1.29, 1.82) is 0 Å². The van der Waals surface area contributed by atoms with Gasteiger partial charge in [0.2, 0.25) is 0 Å². The van der Waals surface area contributed by atoms with E-state index in [1.54, 1.807) is 28.1 Å². The third-order valence-corrected chi connectivity index (χ3v) is 6.00. The van der Waals surface area contributed by atoms with Crippen LogP contribution in [0.25, 0.3) is 0 Å². The van der Waals surface area contributed by atoms with Gasteiger partial charge in [-0.05, 0) is 42.5 Å². The molecule has 1 fully saturated rings. The highest BCUT2D eigenvalue weighted by Gasteiger charge is 2.32. The number of nitrogens with zero attached hydrogens (tertiary/aromatic N) is 4. The van der Waals surface area contributed by atoms with Gasteiger partial charge in [0.15, 0.2) is 0 Å². The van der Waals surface area contributed by atoms with Crippen molar-refractivity contribution in [2.24, 2.45) is 0 Å². The number of anilines is 1. The Morgan fingerprint density at radius 3 is 2.26 bits per heavy atom. The van der Waals surface area contributed by atoms with Gasteiger partial charge in [-0.3, -0.25) is 9.47 Å². The number of likely N-dealkylation sites (tertiary alicyclic amines) is 1. The molecule has 1 saturated heterocycles. The molecule has 1 aromatic heterocycles. The van der Waals surface area contributed by atoms with Gasteiger partial charge in [0.25, 0.3) is 0 Å². The number of benzene rings is 2. The average molecular weight is 525 g/mol. The highest BCUT2D eigenvalue weighted by atomic mass is 19.1. The molecule has 0 radical (unpaired) electrons. The molecule has 4 rings (SSSR count). The lowest BCUT2D eigenvalue weighted by molar-refractivity contribution is 0.0871. The van der Waals surface area contributed by atoms with Gasteiger partial charge in [-0.25, -0.2) is 19.0 Å². The molecule has 2 heterocycles. The molecule has 2 aromatic carbocycles. The first kappa shape index (κ1) is 30.5. The quantitative estimate of drug-likeness (QED) is 0.347. The number of halogens is 1. The molecule has 8 heteroatoms. The van der Waals surface area contributed by atoms with Gasteiger partial charge < -0.3 is 9.64 Å². The maximum atomic E-state index is 14.0. The number of ether oxygens (including phenoxy) is 1. The lowest BCUT2D eigenvalue weighted by Crippen LogP contribution is -2.50. The summed E-state index contributed by atoms with van der Waals surface area (Å²) >= 11 is 0. The molecule has 206 valence electrons. The largest absolute Gasteiger partial charge is 0.445 e. The molecule has 7 nitrogen and oxygen atoms in total. The Bertz CT molecular complexity index is 1130. The number of carbonyl (C=O) groups excluding carboxylic acids is 2. The van der Waals surface area contributed by atoms with E-state index in [0.29, 0.717) is 31.6 Å². The number of piperidine rings is 1. The number of rotatable bonds is 5. The van der Waals surface area contributed by atoms with Crippen molar-refractivity contribution >= 4 is 17.8 Å². The smallest absolute Gasteiger partial charge is 0.410 e. The molecule has 0 atom stereocenters. The SMILES string of the molecule is CC.CC.CC(C)c1cn(C(=O)N(c2cccc(F)c2)C2CCN(C(=O)OCc3ccccc3)CC2)cn1. The van der Waals surface area contributed by atoms with E-state index in [0.717, 1.165) is 11.3 Å². The minimum absolute atomic E-state index is 0.182. The van der Waals surface area contributed by atoms with Crippen molar-refractivity contribution in [3.63, 3.8) is 0 Å². The summed E-state index contributed by atoms with van der Waals surface area (Å²) in [5.41, 5.74) is 2.22. The first-order valence-corrected chi connectivity index (χ1v) is 13.5. The second-order valence-corrected chi connectivity index (χ2v) is 8.75. The highest BCUT2D eigenvalue weighted by molar-refractivity contribution is 5.94. The fourth-order valence-electron chi connectivity index (χ4n) is 4.09. The van der Waals surface area contributed by atoms with Gasteiger partial charge in [0.05, 0.1) is 5.69 Å². The molecule has 2 amide bonds. The number of hydrogen-bond donors (Lipinski definition) is 0. The Kier molecular flexibility index (Phi) is 12.5. The van der Waals surface area contributed by atoms with E-state index in [1.807, 2.05) is 71.9 Å². The molecule has 1 aliphatic heterocycles. The molecule has 38 heavy (non-hydrogen) atoms. The summed E-state index contributed by atoms with van der Waals surface area (Å²) in [6.45, 7) is 13.1. The van der Waals surface area contributed by atoms with Gasteiger partial charge >= 0.3 is 12.1 Å². The lowest BCUT2D eigenvalue weighted by Gasteiger charge is -2.38. The minimum atomic E-state index is -0.411. The van der Waals surface area contributed by atoms with Gasteiger partial charge in [-0.15, -0.1) is 0 Å². The Morgan fingerprint density at radius 2 is 1.68 bits per heavy atom. The highest BCUT2D eigenvalue weighted by Crippen LogP contribution is 2.26. The van der Waals surface area contributed by atoms with Crippen LogP contribution in [0.3, 0.4) is 0 Å². The van der Waals surface area contributed by atoms with Crippen molar-refractivity contribution < 1.29 is 18.7 Å². The van der Waals surface area contributed by atoms with Crippen molar-refractivity contribution in [3.8, 4) is 0 Å². The summed E-state index contributed by atoms with van der Waals surface area (Å²) in [7, 11) is 0. The average Bonchev–Trinajstić information content (AvgIpc) is 3.46. The third kappa shape index (κ3) is 8.16. The minimum Gasteiger partial charge on any atom is -0.445 e. The van der Waals surface area contributed by atoms with E-state index in [1.165, 1.54) is 23.0 Å². The summed E-state index contributed by atoms with van der Waals surface area (Å²) in [6.07, 6.45) is 3.94. The van der Waals surface area contributed by atoms with E-state index in [4.69, 9.17) is 4.74 Å². The van der Waals surface area contributed by atoms with E-state index in [2.05, 4.69) is 4.98 Å². The molecule has 0 bridgehead atoms. The van der Waals surface area contributed by atoms with Crippen LogP contribution in [0, 0.1) is 5.82 Å². The molecule has 0 aliphatic carbocycles. The van der Waals surface area contributed by atoms with Gasteiger partial charge in [-0.1, -0.05) is 77.9 Å². The fourth-order valence-corrected chi connectivity index (χ4v) is 4.09. The van der Waals surface area contributed by atoms with E-state index in [-0.39, 0.29) is 30.7 Å². The maximum Gasteiger partial charge on any atom is 0.410 e. The molecule has 0 unspecified atom stereocenters. The number of imidazole rings is 1. The van der Waals surface area contributed by atoms with Gasteiger partial charge in [0, 0.05) is 31.0 Å². The zero-order valence-corrected chi connectivity index (χ0v) is 23.4. The molecular formula is C30H41FN4O3. The topological polar surface area (TPSA) is 67.7 Å². The monoisotopic (exact) mass is 524 g/mol. The summed E-state index contributed by atoms with van der Waals surface area (Å²) in [5.74, 6) is -0.229. The predicted octanol–water partition coefficient (Wildman–Crippen LogP) is 7.47. The second kappa shape index (κ2) is 15.5. The Hall–Kier alpha value is -3.68. The Morgan fingerprint density at radius 1 is 1.03 bits per heavy atom. The molecule has 0 saturated carbocycles. The maximum absolute atomic E-state index is 14.0. The third-order valence-electron chi connectivity index (χ3n) is 6.00. The molecule has 0 N–H and O–H groups in total. The predicted molar refractivity (Wildman–Crippen MR) is 150 cm³/mol. The van der Waals surface area contributed by atoms with Crippen LogP contribution in [0.4, 0.5) is 19.7 Å². The first-order valence-electron chi connectivity index (χ1n) is 13.5. The zero-order valence-electron chi connectivity index (χ0n) is 23.4. The van der Waals surface area contributed by atoms with Crippen LogP contribution in [-0.2, 0) is 11.3 Å². The van der Waals surface area contributed by atoms with Crippen LogP contribution in [0.5, 0.6) is 0 Å². The van der Waals surface area contributed by atoms with Crippen LogP contribution in [-0.4, -0.2) is 45.7 Å². The second-order valence-electron chi connectivity index (χ2n) is 8.75. The van der Waals surface area contributed by atoms with Crippen LogP contribution in [0.2, 0.25) is 0 Å². The Balaban J connectivity index is 0.00000121. The van der Waals surface area contributed by atoms with Crippen molar-refractivity contribution in [2.75, 3.05) is 18.0 Å². The van der Waals surface area contributed by atoms with Crippen molar-refractivity contribution in [1.82, 2.24) is 14.5 Å². The van der Waals surface area contributed by atoms with Crippen molar-refractivity contribution in [3.05, 3.63) is 84.2 Å². The molecular weight excluding hydrogens is 483 g/mol. The summed E-state index contributed by atoms with van der Waals surface area (Å²) < 4.78 is 20.9. The lowest BCUT2D eigenvalue weighted by atomic mass is 10.0. The standard InChI is InChI=1S/C26H29FN4O3.2C2H6/c1-19(2)24-16-30(18-28-24)25(32)31(23-10-6-9-21(27)15-23)22-11-13-29(14-12-22)26(33)34-17-20-7-4-3-5-8-20;2*1-2/h3-10,15-16,18-19,22H,11-14,17H2,1-2H3;2*1-2H3. The van der Waals surface area contributed by atoms with Gasteiger partial charge in [-0.2, -0.15) is 0 Å².